The molecule has 2 heterocycles. The summed E-state index contributed by atoms with van der Waals surface area (Å²) >= 11 is 0. The first kappa shape index (κ1) is 22.9. The minimum Gasteiger partial charge on any atom is -0.342 e. The summed E-state index contributed by atoms with van der Waals surface area (Å²) < 4.78 is 16.1. The average molecular weight is 480 g/mol. The van der Waals surface area contributed by atoms with E-state index in [4.69, 9.17) is 9.98 Å². The summed E-state index contributed by atoms with van der Waals surface area (Å²) in [5.74, 6) is 1.08. The third-order valence-corrected chi connectivity index (χ3v) is 6.87. The molecule has 5 heteroatoms. The van der Waals surface area contributed by atoms with Gasteiger partial charge in [0.1, 0.15) is 5.82 Å². The van der Waals surface area contributed by atoms with Gasteiger partial charge in [0.05, 0.1) is 5.71 Å². The molecule has 1 radical (unpaired) electrons. The summed E-state index contributed by atoms with van der Waals surface area (Å²) in [5.41, 5.74) is 9.70. The number of amidine groups is 1. The molecule has 1 aliphatic rings. The monoisotopic (exact) mass is 480 g/mol. The molecule has 0 fully saturated rings. The van der Waals surface area contributed by atoms with Crippen LogP contribution in [0.1, 0.15) is 27.8 Å². The summed E-state index contributed by atoms with van der Waals surface area (Å²) in [5, 5.41) is 0. The van der Waals surface area contributed by atoms with Gasteiger partial charge in [0, 0.05) is 27.9 Å². The zero-order chi connectivity index (χ0) is 25.4. The van der Waals surface area contributed by atoms with Crippen LogP contribution in [-0.4, -0.2) is 23.7 Å². The molecule has 0 amide bonds. The Bertz CT molecular complexity index is 1650. The molecule has 0 saturated carbocycles. The maximum Gasteiger partial charge on any atom is 0.496 e. The Morgan fingerprint density at radius 3 is 1.78 bits per heavy atom. The van der Waals surface area contributed by atoms with E-state index < -0.39 is 0 Å². The lowest BCUT2D eigenvalue weighted by atomic mass is 9.95. The van der Waals surface area contributed by atoms with Gasteiger partial charge in [-0.2, -0.15) is 0 Å². The Labute approximate surface area is 217 Å². The smallest absolute Gasteiger partial charge is 0.342 e. The van der Waals surface area contributed by atoms with Gasteiger partial charge in [0.25, 0.3) is 0 Å². The Morgan fingerprint density at radius 2 is 1.19 bits per heavy atom. The minimum atomic E-state index is 0.504. The van der Waals surface area contributed by atoms with Crippen molar-refractivity contribution < 1.29 is 4.32 Å². The van der Waals surface area contributed by atoms with Gasteiger partial charge in [-0.3, -0.25) is 0 Å². The molecule has 6 rings (SSSR count). The van der Waals surface area contributed by atoms with Crippen LogP contribution in [0.2, 0.25) is 0 Å². The molecule has 1 aliphatic heterocycles. The van der Waals surface area contributed by atoms with Gasteiger partial charge in [0.2, 0.25) is 0 Å². The molecular weight excluding hydrogens is 456 g/mol. The van der Waals surface area contributed by atoms with Gasteiger partial charge in [-0.25, -0.2) is 9.98 Å². The summed E-state index contributed by atoms with van der Waals surface area (Å²) in [7, 11) is 0.590. The second kappa shape index (κ2) is 9.51. The normalized spacial score (nSPS) is 13.5. The molecular formula is C32H24BFN3. The van der Waals surface area contributed by atoms with Gasteiger partial charge in [-0.05, 0) is 54.3 Å². The van der Waals surface area contributed by atoms with Gasteiger partial charge < -0.3 is 8.79 Å². The van der Waals surface area contributed by atoms with Crippen LogP contribution >= 0.6 is 0 Å². The number of benzene rings is 4. The van der Waals surface area contributed by atoms with E-state index in [9.17, 15) is 4.32 Å². The number of aromatic nitrogens is 1. The van der Waals surface area contributed by atoms with Crippen molar-refractivity contribution in [2.75, 3.05) is 0 Å². The van der Waals surface area contributed by atoms with Crippen molar-refractivity contribution in [1.29, 1.82) is 0 Å². The van der Waals surface area contributed by atoms with E-state index in [1.807, 2.05) is 84.9 Å². The molecule has 0 N–H and O–H groups in total. The molecule has 177 valence electrons. The Morgan fingerprint density at radius 1 is 0.649 bits per heavy atom. The number of aryl methyl sites for hydroxylation is 2. The summed E-state index contributed by atoms with van der Waals surface area (Å²) in [6.07, 6.45) is 0. The molecule has 0 saturated heterocycles. The van der Waals surface area contributed by atoms with Crippen LogP contribution in [0.25, 0.3) is 22.4 Å². The van der Waals surface area contributed by atoms with Crippen LogP contribution in [0.5, 0.6) is 0 Å². The van der Waals surface area contributed by atoms with Crippen molar-refractivity contribution in [1.82, 2.24) is 4.48 Å². The van der Waals surface area contributed by atoms with E-state index in [-0.39, 0.29) is 0 Å². The highest BCUT2D eigenvalue weighted by Gasteiger charge is 2.26. The van der Waals surface area contributed by atoms with E-state index in [0.29, 0.717) is 19.3 Å². The highest BCUT2D eigenvalue weighted by atomic mass is 19.1. The van der Waals surface area contributed by atoms with Crippen LogP contribution in [0, 0.1) is 13.8 Å². The van der Waals surface area contributed by atoms with E-state index in [2.05, 4.69) is 38.1 Å². The first-order valence-corrected chi connectivity index (χ1v) is 12.3. The molecule has 3 nitrogen and oxygen atoms in total. The third kappa shape index (κ3) is 4.13. The van der Waals surface area contributed by atoms with Crippen molar-refractivity contribution in [2.45, 2.75) is 13.8 Å². The highest BCUT2D eigenvalue weighted by molar-refractivity contribution is 6.30. The fourth-order valence-electron chi connectivity index (χ4n) is 4.81. The second-order valence-corrected chi connectivity index (χ2v) is 9.21. The van der Waals surface area contributed by atoms with Gasteiger partial charge >= 0.3 is 7.69 Å². The lowest BCUT2D eigenvalue weighted by Crippen LogP contribution is -2.04. The van der Waals surface area contributed by atoms with E-state index in [1.165, 1.54) is 10.0 Å². The summed E-state index contributed by atoms with van der Waals surface area (Å²) in [6.45, 7) is 4.20. The SMILES string of the molecule is Cc1cc2c(cc1C)/C(=N/c1c(-c3ccccc3)cc(-c3ccccc3)n1[B]F)N=C2c1ccccc1. The number of nitrogens with zero attached hydrogens (tertiary/aromatic N) is 3. The maximum atomic E-state index is 14.6. The third-order valence-electron chi connectivity index (χ3n) is 6.87. The molecule has 0 atom stereocenters. The predicted octanol–water partition coefficient (Wildman–Crippen LogP) is 7.72. The van der Waals surface area contributed by atoms with Crippen LogP contribution in [0.15, 0.2) is 119 Å². The molecule has 0 unspecified atom stereocenters. The van der Waals surface area contributed by atoms with Crippen LogP contribution < -0.4 is 0 Å². The van der Waals surface area contributed by atoms with Crippen LogP contribution in [0.3, 0.4) is 0 Å². The zero-order valence-electron chi connectivity index (χ0n) is 20.7. The van der Waals surface area contributed by atoms with Crippen molar-refractivity contribution in [2.24, 2.45) is 9.98 Å². The summed E-state index contributed by atoms with van der Waals surface area (Å²) in [6, 6.07) is 36.2. The Kier molecular flexibility index (Phi) is 5.89. The van der Waals surface area contributed by atoms with Gasteiger partial charge in [-0.15, -0.1) is 0 Å². The molecule has 0 spiro atoms. The van der Waals surface area contributed by atoms with E-state index >= 15 is 0 Å². The van der Waals surface area contributed by atoms with Crippen LogP contribution in [-0.2, 0) is 0 Å². The fraction of sp³-hybridized carbons (Fsp3) is 0.0625. The van der Waals surface area contributed by atoms with Crippen molar-refractivity contribution in [3.63, 3.8) is 0 Å². The summed E-state index contributed by atoms with van der Waals surface area (Å²) in [4.78, 5) is 10.1. The number of hydrogen-bond donors (Lipinski definition) is 0. The minimum absolute atomic E-state index is 0.504. The molecule has 5 aromatic rings. The first-order chi connectivity index (χ1) is 18.1. The molecule has 37 heavy (non-hydrogen) atoms. The van der Waals surface area contributed by atoms with Crippen molar-refractivity contribution in [3.8, 4) is 22.4 Å². The second-order valence-electron chi connectivity index (χ2n) is 9.21. The lowest BCUT2D eigenvalue weighted by molar-refractivity contribution is 0.837. The zero-order valence-corrected chi connectivity index (χ0v) is 20.7. The number of hydrogen-bond acceptors (Lipinski definition) is 1. The average Bonchev–Trinajstić information content (AvgIpc) is 3.48. The number of rotatable bonds is 5. The van der Waals surface area contributed by atoms with Crippen molar-refractivity contribution >= 4 is 25.1 Å². The highest BCUT2D eigenvalue weighted by Crippen LogP contribution is 2.39. The molecule has 1 aromatic heterocycles. The number of aliphatic imine (C=N–C) groups is 2. The van der Waals surface area contributed by atoms with Crippen LogP contribution in [0.4, 0.5) is 10.1 Å². The number of fused-ring (bicyclic) bond motifs is 1. The van der Waals surface area contributed by atoms with Crippen molar-refractivity contribution in [3.05, 3.63) is 137 Å². The topological polar surface area (TPSA) is 29.6 Å². The van der Waals surface area contributed by atoms with Gasteiger partial charge in [0.15, 0.2) is 5.84 Å². The van der Waals surface area contributed by atoms with E-state index in [0.717, 1.165) is 50.3 Å². The molecule has 4 aromatic carbocycles. The lowest BCUT2D eigenvalue weighted by Gasteiger charge is -2.09. The standard InChI is InChI=1S/C32H24BFN3/c1-21-18-27-28(19-22(21)2)31(35-30(27)25-16-10-5-11-17-25)36-32-26(23-12-6-3-7-13-23)20-29(37(32)33-34)24-14-8-4-9-15-24/h3-20H,1-2H3/b36-31-. The first-order valence-electron chi connectivity index (χ1n) is 12.3. The largest absolute Gasteiger partial charge is 0.496 e. The fourth-order valence-corrected chi connectivity index (χ4v) is 4.81. The predicted molar refractivity (Wildman–Crippen MR) is 152 cm³/mol. The molecule has 0 bridgehead atoms. The number of halogens is 1. The maximum absolute atomic E-state index is 14.6. The molecule has 0 aliphatic carbocycles. The quantitative estimate of drug-likeness (QED) is 0.231. The van der Waals surface area contributed by atoms with E-state index in [1.54, 1.807) is 0 Å². The Hall–Kier alpha value is -4.51. The Balaban J connectivity index is 1.62. The van der Waals surface area contributed by atoms with Gasteiger partial charge in [-0.1, -0.05) is 91.0 Å².